The summed E-state index contributed by atoms with van der Waals surface area (Å²) in [5.74, 6) is -1.43. The molecule has 0 amide bonds. The highest BCUT2D eigenvalue weighted by atomic mass is 32.2. The van der Waals surface area contributed by atoms with Crippen molar-refractivity contribution in [2.24, 2.45) is 0 Å². The average molecular weight is 536 g/mol. The van der Waals surface area contributed by atoms with Crippen LogP contribution in [-0.4, -0.2) is 40.7 Å². The van der Waals surface area contributed by atoms with Gasteiger partial charge in [0.25, 0.3) is 0 Å². The van der Waals surface area contributed by atoms with E-state index in [4.69, 9.17) is 4.74 Å². The number of benzene rings is 2. The smallest absolute Gasteiger partial charge is 0.493 e. The fraction of sp³-hybridized carbons (Fsp3) is 0.478. The van der Waals surface area contributed by atoms with Crippen molar-refractivity contribution in [1.82, 2.24) is 5.32 Å². The van der Waals surface area contributed by atoms with Crippen LogP contribution in [0, 0.1) is 0 Å². The monoisotopic (exact) mass is 535 g/mol. The standard InChI is InChI=1S/C23H28F3NO6S2/c1-4-6-12-22(5-2)15-34(28,29)20-14-18(32-3)19(33-35(30,31)23(24,25)26)13-17(20)21(27-22)16-10-8-7-9-11-16/h7-11,13-14,21,27H,4-6,12,15H2,1-3H3/t21-,22-/m1/s1. The van der Waals surface area contributed by atoms with Crippen molar-refractivity contribution in [3.63, 3.8) is 0 Å². The number of halogens is 3. The maximum Gasteiger partial charge on any atom is 0.534 e. The third-order valence-electron chi connectivity index (χ3n) is 6.16. The van der Waals surface area contributed by atoms with Gasteiger partial charge < -0.3 is 8.92 Å². The number of sulfone groups is 1. The van der Waals surface area contributed by atoms with Crippen LogP contribution >= 0.6 is 0 Å². The molecular weight excluding hydrogens is 507 g/mol. The van der Waals surface area contributed by atoms with Gasteiger partial charge in [-0.25, -0.2) is 8.42 Å². The molecule has 0 spiro atoms. The maximum absolute atomic E-state index is 13.6. The summed E-state index contributed by atoms with van der Waals surface area (Å²) in [4.78, 5) is -0.153. The van der Waals surface area contributed by atoms with E-state index in [0.717, 1.165) is 32.1 Å². The molecule has 2 atom stereocenters. The summed E-state index contributed by atoms with van der Waals surface area (Å²) in [6.07, 6.45) is 2.63. The second-order valence-corrected chi connectivity index (χ2v) is 12.0. The Bertz CT molecular complexity index is 1260. The van der Waals surface area contributed by atoms with Gasteiger partial charge in [0.15, 0.2) is 21.3 Å². The lowest BCUT2D eigenvalue weighted by molar-refractivity contribution is -0.0500. The quantitative estimate of drug-likeness (QED) is 0.386. The van der Waals surface area contributed by atoms with Crippen molar-refractivity contribution in [3.8, 4) is 11.5 Å². The zero-order chi connectivity index (χ0) is 26.1. The Labute approximate surface area is 203 Å². The Balaban J connectivity index is 2.30. The number of fused-ring (bicyclic) bond motifs is 1. The van der Waals surface area contributed by atoms with E-state index in [1.54, 1.807) is 30.3 Å². The van der Waals surface area contributed by atoms with Crippen molar-refractivity contribution >= 4 is 20.0 Å². The highest BCUT2D eigenvalue weighted by Gasteiger charge is 2.49. The van der Waals surface area contributed by atoms with Crippen LogP contribution < -0.4 is 14.2 Å². The van der Waals surface area contributed by atoms with Crippen molar-refractivity contribution in [2.45, 2.75) is 61.5 Å². The molecule has 35 heavy (non-hydrogen) atoms. The number of unbranched alkanes of at least 4 members (excludes halogenated alkanes) is 1. The highest BCUT2D eigenvalue weighted by molar-refractivity contribution is 7.91. The second-order valence-electron chi connectivity index (χ2n) is 8.51. The summed E-state index contributed by atoms with van der Waals surface area (Å²) in [7, 11) is -8.89. The molecule has 1 aliphatic rings. The number of methoxy groups -OCH3 is 1. The minimum atomic E-state index is -6.02. The predicted octanol–water partition coefficient (Wildman–Crippen LogP) is 4.73. The van der Waals surface area contributed by atoms with Gasteiger partial charge in [0, 0.05) is 11.6 Å². The fourth-order valence-electron chi connectivity index (χ4n) is 4.26. The predicted molar refractivity (Wildman–Crippen MR) is 125 cm³/mol. The topological polar surface area (TPSA) is 98.8 Å². The first-order chi connectivity index (χ1) is 16.3. The van der Waals surface area contributed by atoms with Crippen LogP contribution in [0.5, 0.6) is 11.5 Å². The van der Waals surface area contributed by atoms with Gasteiger partial charge in [-0.05, 0) is 30.0 Å². The summed E-state index contributed by atoms with van der Waals surface area (Å²) in [6.45, 7) is 3.87. The van der Waals surface area contributed by atoms with Crippen molar-refractivity contribution in [2.75, 3.05) is 12.9 Å². The van der Waals surface area contributed by atoms with Gasteiger partial charge in [0.2, 0.25) is 0 Å². The first kappa shape index (κ1) is 27.3. The van der Waals surface area contributed by atoms with Gasteiger partial charge in [0.05, 0.1) is 23.8 Å². The molecule has 3 rings (SSSR count). The Morgan fingerprint density at radius 3 is 2.31 bits per heavy atom. The number of hydrogen-bond donors (Lipinski definition) is 1. The molecule has 12 heteroatoms. The first-order valence-electron chi connectivity index (χ1n) is 11.1. The number of ether oxygens (including phenoxy) is 1. The van der Waals surface area contributed by atoms with Crippen molar-refractivity contribution in [3.05, 3.63) is 53.6 Å². The summed E-state index contributed by atoms with van der Waals surface area (Å²) < 4.78 is 99.2. The van der Waals surface area contributed by atoms with Crippen LogP contribution in [-0.2, 0) is 20.0 Å². The zero-order valence-electron chi connectivity index (χ0n) is 19.6. The third kappa shape index (κ3) is 5.59. The number of rotatable bonds is 8. The SMILES string of the molecule is CCCC[C@]1(CC)CS(=O)(=O)c2cc(OC)c(OS(=O)(=O)C(F)(F)F)cc2[C@@H](c2ccccc2)N1. The lowest BCUT2D eigenvalue weighted by Gasteiger charge is -2.36. The molecule has 0 bridgehead atoms. The van der Waals surface area contributed by atoms with Crippen molar-refractivity contribution < 1.29 is 38.9 Å². The number of hydrogen-bond acceptors (Lipinski definition) is 7. The molecule has 7 nitrogen and oxygen atoms in total. The van der Waals surface area contributed by atoms with E-state index in [1.165, 1.54) is 0 Å². The molecule has 0 aromatic heterocycles. The highest BCUT2D eigenvalue weighted by Crippen LogP contribution is 2.44. The maximum atomic E-state index is 13.6. The third-order valence-corrected chi connectivity index (χ3v) is 9.08. The molecule has 0 saturated heterocycles. The van der Waals surface area contributed by atoms with E-state index < -0.39 is 48.5 Å². The van der Waals surface area contributed by atoms with Gasteiger partial charge in [-0.1, -0.05) is 57.0 Å². The summed E-state index contributed by atoms with van der Waals surface area (Å²) in [5.41, 5.74) is -5.75. The molecule has 0 aliphatic carbocycles. The van der Waals surface area contributed by atoms with Gasteiger partial charge >= 0.3 is 15.6 Å². The van der Waals surface area contributed by atoms with Crippen molar-refractivity contribution in [1.29, 1.82) is 0 Å². The molecule has 2 aromatic carbocycles. The van der Waals surface area contributed by atoms with E-state index in [9.17, 15) is 30.0 Å². The van der Waals surface area contributed by atoms with Crippen LogP contribution in [0.15, 0.2) is 47.4 Å². The Hall–Kier alpha value is -2.31. The molecule has 0 saturated carbocycles. The molecule has 0 fully saturated rings. The number of nitrogens with one attached hydrogen (secondary N) is 1. The molecule has 2 aromatic rings. The average Bonchev–Trinajstić information content (AvgIpc) is 2.89. The second kappa shape index (κ2) is 9.98. The van der Waals surface area contributed by atoms with E-state index in [-0.39, 0.29) is 16.2 Å². The Morgan fingerprint density at radius 2 is 1.77 bits per heavy atom. The molecule has 194 valence electrons. The minimum absolute atomic E-state index is 0.0798. The van der Waals surface area contributed by atoms with E-state index >= 15 is 0 Å². The molecule has 1 aliphatic heterocycles. The van der Waals surface area contributed by atoms with Crippen LogP contribution in [0.4, 0.5) is 13.2 Å². The van der Waals surface area contributed by atoms with Crippen LogP contribution in [0.25, 0.3) is 0 Å². The fourth-order valence-corrected chi connectivity index (χ4v) is 6.86. The normalized spacial score (nSPS) is 22.2. The first-order valence-corrected chi connectivity index (χ1v) is 14.1. The molecular formula is C23H28F3NO6S2. The lowest BCUT2D eigenvalue weighted by Crippen LogP contribution is -2.50. The Kier molecular flexibility index (Phi) is 7.78. The minimum Gasteiger partial charge on any atom is -0.493 e. The molecule has 0 radical (unpaired) electrons. The number of alkyl halides is 3. The van der Waals surface area contributed by atoms with Gasteiger partial charge in [-0.15, -0.1) is 0 Å². The summed E-state index contributed by atoms with van der Waals surface area (Å²) >= 11 is 0. The van der Waals surface area contributed by atoms with Crippen LogP contribution in [0.3, 0.4) is 0 Å². The summed E-state index contributed by atoms with van der Waals surface area (Å²) in [5, 5.41) is 3.45. The van der Waals surface area contributed by atoms with Gasteiger partial charge in [0.1, 0.15) is 0 Å². The summed E-state index contributed by atoms with van der Waals surface area (Å²) in [6, 6.07) is 10.1. The van der Waals surface area contributed by atoms with E-state index in [1.807, 2.05) is 13.8 Å². The molecule has 1 N–H and O–H groups in total. The molecule has 0 unspecified atom stereocenters. The lowest BCUT2D eigenvalue weighted by atomic mass is 9.88. The van der Waals surface area contributed by atoms with Gasteiger partial charge in [-0.3, -0.25) is 5.32 Å². The van der Waals surface area contributed by atoms with Gasteiger partial charge in [-0.2, -0.15) is 21.6 Å². The molecule has 1 heterocycles. The van der Waals surface area contributed by atoms with E-state index in [0.29, 0.717) is 18.4 Å². The Morgan fingerprint density at radius 1 is 1.11 bits per heavy atom. The van der Waals surface area contributed by atoms with E-state index in [2.05, 4.69) is 9.50 Å². The van der Waals surface area contributed by atoms with Crippen LogP contribution in [0.2, 0.25) is 0 Å². The van der Waals surface area contributed by atoms with Crippen LogP contribution in [0.1, 0.15) is 56.7 Å². The largest absolute Gasteiger partial charge is 0.534 e. The zero-order valence-corrected chi connectivity index (χ0v) is 21.2.